The first-order valence-electron chi connectivity index (χ1n) is 11.0. The number of hydrogen-bond donors (Lipinski definition) is 3. The molecule has 168 valence electrons. The molecule has 3 aromatic rings. The normalized spacial score (nSPS) is 14.8. The molecular formula is C24H27F2N5O. The lowest BCUT2D eigenvalue weighted by molar-refractivity contribution is 0.247. The fourth-order valence-electron chi connectivity index (χ4n) is 4.19. The van der Waals surface area contributed by atoms with E-state index in [0.29, 0.717) is 22.6 Å². The van der Waals surface area contributed by atoms with Crippen LogP contribution in [0.1, 0.15) is 44.2 Å². The molecule has 0 radical (unpaired) electrons. The molecule has 6 nitrogen and oxygen atoms in total. The van der Waals surface area contributed by atoms with Crippen LogP contribution in [0.5, 0.6) is 0 Å². The number of urea groups is 1. The Morgan fingerprint density at radius 3 is 2.47 bits per heavy atom. The predicted octanol–water partition coefficient (Wildman–Crippen LogP) is 5.77. The number of carbonyl (C=O) groups excluding carboxylic acids is 1. The average Bonchev–Trinajstić information content (AvgIpc) is 3.03. The van der Waals surface area contributed by atoms with Gasteiger partial charge in [0.15, 0.2) is 0 Å². The summed E-state index contributed by atoms with van der Waals surface area (Å²) in [5.74, 6) is -0.869. The van der Waals surface area contributed by atoms with Crippen molar-refractivity contribution in [2.45, 2.75) is 51.5 Å². The van der Waals surface area contributed by atoms with E-state index in [1.54, 1.807) is 32.3 Å². The van der Waals surface area contributed by atoms with Gasteiger partial charge in [-0.1, -0.05) is 25.7 Å². The van der Waals surface area contributed by atoms with Crippen LogP contribution in [-0.2, 0) is 0 Å². The average molecular weight is 440 g/mol. The Labute approximate surface area is 185 Å². The van der Waals surface area contributed by atoms with Crippen molar-refractivity contribution in [1.82, 2.24) is 15.3 Å². The summed E-state index contributed by atoms with van der Waals surface area (Å²) in [4.78, 5) is 21.3. The van der Waals surface area contributed by atoms with Crippen molar-refractivity contribution in [3.63, 3.8) is 0 Å². The molecule has 1 saturated carbocycles. The molecule has 0 atom stereocenters. The predicted molar refractivity (Wildman–Crippen MR) is 123 cm³/mol. The van der Waals surface area contributed by atoms with E-state index in [4.69, 9.17) is 0 Å². The third kappa shape index (κ3) is 4.79. The molecular weight excluding hydrogens is 412 g/mol. The fraction of sp³-hybridized carbons (Fsp3) is 0.375. The van der Waals surface area contributed by atoms with Crippen LogP contribution >= 0.6 is 0 Å². The van der Waals surface area contributed by atoms with Crippen molar-refractivity contribution in [1.29, 1.82) is 0 Å². The Morgan fingerprint density at radius 1 is 1.00 bits per heavy atom. The van der Waals surface area contributed by atoms with Gasteiger partial charge in [0.1, 0.15) is 17.5 Å². The molecule has 1 aliphatic rings. The van der Waals surface area contributed by atoms with Crippen LogP contribution in [0, 0.1) is 18.6 Å². The first kappa shape index (κ1) is 21.9. The Balaban J connectivity index is 1.62. The van der Waals surface area contributed by atoms with Crippen LogP contribution < -0.4 is 16.0 Å². The summed E-state index contributed by atoms with van der Waals surface area (Å²) >= 11 is 0. The number of hydrogen-bond acceptors (Lipinski definition) is 4. The van der Waals surface area contributed by atoms with Gasteiger partial charge in [-0.25, -0.2) is 18.6 Å². The third-order valence-corrected chi connectivity index (χ3v) is 5.93. The van der Waals surface area contributed by atoms with E-state index in [0.717, 1.165) is 37.1 Å². The van der Waals surface area contributed by atoms with Crippen LogP contribution in [0.25, 0.3) is 22.0 Å². The van der Waals surface area contributed by atoms with Gasteiger partial charge in [0, 0.05) is 53.6 Å². The van der Waals surface area contributed by atoms with Crippen molar-refractivity contribution in [3.05, 3.63) is 47.8 Å². The first-order valence-corrected chi connectivity index (χ1v) is 11.0. The smallest absolute Gasteiger partial charge is 0.319 e. The number of benzene rings is 1. The van der Waals surface area contributed by atoms with Crippen molar-refractivity contribution in [2.75, 3.05) is 17.7 Å². The Kier molecular flexibility index (Phi) is 6.48. The zero-order valence-corrected chi connectivity index (χ0v) is 18.3. The highest BCUT2D eigenvalue weighted by atomic mass is 19.1. The summed E-state index contributed by atoms with van der Waals surface area (Å²) in [5, 5.41) is 9.16. The summed E-state index contributed by atoms with van der Waals surface area (Å²) in [5.41, 5.74) is 1.91. The van der Waals surface area contributed by atoms with Crippen molar-refractivity contribution < 1.29 is 13.6 Å². The maximum Gasteiger partial charge on any atom is 0.319 e. The van der Waals surface area contributed by atoms with E-state index in [9.17, 15) is 13.6 Å². The monoisotopic (exact) mass is 439 g/mol. The fourth-order valence-corrected chi connectivity index (χ4v) is 4.19. The van der Waals surface area contributed by atoms with E-state index in [1.165, 1.54) is 18.9 Å². The number of rotatable bonds is 4. The molecule has 1 aromatic carbocycles. The quantitative estimate of drug-likeness (QED) is 0.451. The lowest BCUT2D eigenvalue weighted by Gasteiger charge is -2.17. The van der Waals surface area contributed by atoms with Gasteiger partial charge in [-0.05, 0) is 31.9 Å². The maximum absolute atomic E-state index is 14.7. The van der Waals surface area contributed by atoms with Crippen molar-refractivity contribution >= 4 is 28.4 Å². The van der Waals surface area contributed by atoms with Gasteiger partial charge in [0.25, 0.3) is 0 Å². The zero-order valence-electron chi connectivity index (χ0n) is 18.3. The Morgan fingerprint density at radius 2 is 1.75 bits per heavy atom. The van der Waals surface area contributed by atoms with Crippen molar-refractivity contribution in [3.8, 4) is 11.1 Å². The molecule has 32 heavy (non-hydrogen) atoms. The Bertz CT molecular complexity index is 1140. The van der Waals surface area contributed by atoms with Crippen LogP contribution in [0.2, 0.25) is 0 Å². The second kappa shape index (κ2) is 9.46. The molecule has 1 aliphatic carbocycles. The zero-order chi connectivity index (χ0) is 22.7. The maximum atomic E-state index is 14.7. The number of anilines is 2. The SMILES string of the molecule is CNc1cc2nc(C)c(-c3cc(NC(=O)NC4CCCCCC4)c(F)cc3F)cc2cn1. The number of nitrogens with one attached hydrogen (secondary N) is 3. The van der Waals surface area contributed by atoms with Gasteiger partial charge >= 0.3 is 6.03 Å². The molecule has 2 amide bonds. The number of carbonyl (C=O) groups is 1. The summed E-state index contributed by atoms with van der Waals surface area (Å²) in [6.45, 7) is 1.77. The van der Waals surface area contributed by atoms with Gasteiger partial charge in [0.2, 0.25) is 0 Å². The van der Waals surface area contributed by atoms with E-state index >= 15 is 0 Å². The van der Waals surface area contributed by atoms with Gasteiger partial charge in [-0.3, -0.25) is 4.98 Å². The minimum Gasteiger partial charge on any atom is -0.373 e. The highest BCUT2D eigenvalue weighted by Gasteiger charge is 2.19. The lowest BCUT2D eigenvalue weighted by Crippen LogP contribution is -2.37. The van der Waals surface area contributed by atoms with Gasteiger partial charge in [-0.15, -0.1) is 0 Å². The summed E-state index contributed by atoms with van der Waals surface area (Å²) in [6.07, 6.45) is 7.95. The van der Waals surface area contributed by atoms with E-state index < -0.39 is 17.7 Å². The van der Waals surface area contributed by atoms with Crippen LogP contribution in [0.4, 0.5) is 25.1 Å². The number of fused-ring (bicyclic) bond motifs is 1. The van der Waals surface area contributed by atoms with Gasteiger partial charge in [0.05, 0.1) is 11.2 Å². The minimum absolute atomic E-state index is 0.0717. The standard InChI is InChI=1S/C24H27F2N5O/c1-14-17(9-15-13-28-23(27-2)12-21(15)29-14)18-10-22(20(26)11-19(18)25)31-24(32)30-16-7-5-3-4-6-8-16/h9-13,16H,3-8H2,1-2H3,(H,27,28)(H2,30,31,32). The second-order valence-electron chi connectivity index (χ2n) is 8.23. The van der Waals surface area contributed by atoms with E-state index in [2.05, 4.69) is 25.9 Å². The van der Waals surface area contributed by atoms with Crippen LogP contribution in [0.15, 0.2) is 30.5 Å². The van der Waals surface area contributed by atoms with Gasteiger partial charge in [-0.2, -0.15) is 0 Å². The minimum atomic E-state index is -0.825. The highest BCUT2D eigenvalue weighted by Crippen LogP contribution is 2.32. The molecule has 0 unspecified atom stereocenters. The van der Waals surface area contributed by atoms with Gasteiger partial charge < -0.3 is 16.0 Å². The second-order valence-corrected chi connectivity index (χ2v) is 8.23. The number of amides is 2. The van der Waals surface area contributed by atoms with Crippen molar-refractivity contribution in [2.24, 2.45) is 0 Å². The van der Waals surface area contributed by atoms with E-state index in [-0.39, 0.29) is 17.3 Å². The Hall–Kier alpha value is -3.29. The lowest BCUT2D eigenvalue weighted by atomic mass is 10.0. The molecule has 1 fully saturated rings. The highest BCUT2D eigenvalue weighted by molar-refractivity contribution is 5.91. The van der Waals surface area contributed by atoms with Crippen LogP contribution in [0.3, 0.4) is 0 Å². The molecule has 2 heterocycles. The summed E-state index contributed by atoms with van der Waals surface area (Å²) in [7, 11) is 1.77. The largest absolute Gasteiger partial charge is 0.373 e. The first-order chi connectivity index (χ1) is 15.4. The topological polar surface area (TPSA) is 78.9 Å². The molecule has 0 bridgehead atoms. The molecule has 4 rings (SSSR count). The number of halogens is 2. The molecule has 8 heteroatoms. The number of pyridine rings is 2. The number of aromatic nitrogens is 2. The number of aryl methyl sites for hydroxylation is 1. The molecule has 0 aliphatic heterocycles. The van der Waals surface area contributed by atoms with E-state index in [1.807, 2.05) is 0 Å². The summed E-state index contributed by atoms with van der Waals surface area (Å²) in [6, 6.07) is 5.28. The third-order valence-electron chi connectivity index (χ3n) is 5.93. The molecule has 0 spiro atoms. The molecule has 2 aromatic heterocycles. The molecule has 0 saturated heterocycles. The van der Waals surface area contributed by atoms with Crippen LogP contribution in [-0.4, -0.2) is 29.1 Å². The summed E-state index contributed by atoms with van der Waals surface area (Å²) < 4.78 is 29.2. The number of nitrogens with zero attached hydrogens (tertiary/aromatic N) is 2. The molecule has 3 N–H and O–H groups in total.